The van der Waals surface area contributed by atoms with Gasteiger partial charge in [-0.15, -0.1) is 0 Å². The second-order valence-corrected chi connectivity index (χ2v) is 30.4. The van der Waals surface area contributed by atoms with Crippen LogP contribution in [0.3, 0.4) is 0 Å². The quantitative estimate of drug-likeness (QED) is 0.101. The van der Waals surface area contributed by atoms with E-state index in [0.29, 0.717) is 11.6 Å². The van der Waals surface area contributed by atoms with Crippen LogP contribution < -0.4 is 0 Å². The van der Waals surface area contributed by atoms with E-state index in [0.717, 1.165) is 167 Å². The van der Waals surface area contributed by atoms with Crippen LogP contribution in [0.1, 0.15) is 0 Å². The van der Waals surface area contributed by atoms with Crippen LogP contribution in [-0.4, -0.2) is 29.9 Å². The Labute approximate surface area is 696 Å². The molecule has 120 heavy (non-hydrogen) atoms. The third kappa shape index (κ3) is 14.3. The Bertz CT molecular complexity index is 7450. The average Bonchev–Trinajstić information content (AvgIpc) is 0.744. The van der Waals surface area contributed by atoms with Gasteiger partial charge in [-0.1, -0.05) is 382 Å². The Morgan fingerprint density at radius 1 is 0.133 bits per heavy atom. The molecule has 0 saturated heterocycles. The topological polar surface area (TPSA) is 77.3 Å². The Morgan fingerprint density at radius 2 is 0.425 bits per heavy atom. The number of aromatic nitrogens is 6. The first-order chi connectivity index (χ1) is 59.4. The van der Waals surface area contributed by atoms with Crippen LogP contribution in [0, 0.1) is 0 Å². The SMILES string of the molecule is c1ccc(-c2cc(-c3ccccc3)cc(-c3cc(-c4ccc(-c5cccc(-c6cccc7c(-c8ccccc8)nc8ccccc8c67)c5)cc4)nc(-c4ccccc4)n3)c2)cc1.c1ccc(-c2nc3ccccc3c3c(-c4cccc(-c5ccc(-c6cc(-c7ccc8ccccc8c7)nc(-c7ccc8ccccc8c7)n6)cc5)c4)cccc23)cc1. The summed E-state index contributed by atoms with van der Waals surface area (Å²) in [6, 6.07) is 159. The molecule has 0 aliphatic rings. The maximum absolute atomic E-state index is 5.22. The van der Waals surface area contributed by atoms with Crippen LogP contribution >= 0.6 is 0 Å². The van der Waals surface area contributed by atoms with Gasteiger partial charge in [-0.05, 0) is 155 Å². The van der Waals surface area contributed by atoms with Crippen molar-refractivity contribution in [2.45, 2.75) is 0 Å². The highest BCUT2D eigenvalue weighted by Crippen LogP contribution is 2.44. The highest BCUT2D eigenvalue weighted by Gasteiger charge is 2.21. The number of hydrogen-bond acceptors (Lipinski definition) is 6. The van der Waals surface area contributed by atoms with E-state index in [1.54, 1.807) is 0 Å². The Hall–Kier alpha value is -16.0. The van der Waals surface area contributed by atoms with Crippen molar-refractivity contribution in [1.82, 2.24) is 29.9 Å². The molecule has 22 rings (SSSR count). The zero-order valence-corrected chi connectivity index (χ0v) is 65.4. The van der Waals surface area contributed by atoms with Crippen molar-refractivity contribution in [1.29, 1.82) is 0 Å². The van der Waals surface area contributed by atoms with Crippen molar-refractivity contribution in [2.24, 2.45) is 0 Å². The lowest BCUT2D eigenvalue weighted by Crippen LogP contribution is -1.96. The summed E-state index contributed by atoms with van der Waals surface area (Å²) in [7, 11) is 0. The minimum Gasteiger partial charge on any atom is -0.247 e. The molecule has 0 atom stereocenters. The number of nitrogens with zero attached hydrogens (tertiary/aromatic N) is 6. The molecule has 0 spiro atoms. The van der Waals surface area contributed by atoms with Gasteiger partial charge >= 0.3 is 0 Å². The summed E-state index contributed by atoms with van der Waals surface area (Å²) in [5.41, 5.74) is 29.7. The van der Waals surface area contributed by atoms with Crippen molar-refractivity contribution < 1.29 is 0 Å². The van der Waals surface area contributed by atoms with E-state index in [4.69, 9.17) is 29.9 Å². The molecule has 0 unspecified atom stereocenters. The molecule has 4 heterocycles. The predicted molar refractivity (Wildman–Crippen MR) is 501 cm³/mol. The number of pyridine rings is 2. The van der Waals surface area contributed by atoms with Gasteiger partial charge in [0.25, 0.3) is 0 Å². The van der Waals surface area contributed by atoms with Crippen LogP contribution in [0.15, 0.2) is 449 Å². The molecule has 18 aromatic carbocycles. The number of fused-ring (bicyclic) bond motifs is 8. The van der Waals surface area contributed by atoms with Crippen LogP contribution in [-0.2, 0) is 0 Å². The van der Waals surface area contributed by atoms with Gasteiger partial charge in [-0.2, -0.15) is 0 Å². The molecule has 0 aliphatic heterocycles. The van der Waals surface area contributed by atoms with Gasteiger partial charge in [0.15, 0.2) is 11.6 Å². The number of benzene rings is 18. The largest absolute Gasteiger partial charge is 0.247 e. The first kappa shape index (κ1) is 71.7. The number of rotatable bonds is 14. The molecule has 0 amide bonds. The fraction of sp³-hybridized carbons (Fsp3) is 0. The normalized spacial score (nSPS) is 11.3. The van der Waals surface area contributed by atoms with Crippen LogP contribution in [0.25, 0.3) is 222 Å². The zero-order valence-electron chi connectivity index (χ0n) is 65.4. The van der Waals surface area contributed by atoms with E-state index in [1.165, 1.54) is 43.6 Å². The third-order valence-electron chi connectivity index (χ3n) is 22.9. The van der Waals surface area contributed by atoms with Crippen molar-refractivity contribution in [3.8, 4) is 157 Å². The lowest BCUT2D eigenvalue weighted by molar-refractivity contribution is 1.18. The number of hydrogen-bond donors (Lipinski definition) is 0. The van der Waals surface area contributed by atoms with E-state index < -0.39 is 0 Å². The highest BCUT2D eigenvalue weighted by atomic mass is 14.9. The smallest absolute Gasteiger partial charge is 0.160 e. The van der Waals surface area contributed by atoms with Crippen LogP contribution in [0.4, 0.5) is 0 Å². The van der Waals surface area contributed by atoms with E-state index in [-0.39, 0.29) is 0 Å². The lowest BCUT2D eigenvalue weighted by atomic mass is 9.91. The molecule has 0 fully saturated rings. The molecule has 0 saturated carbocycles. The summed E-state index contributed by atoms with van der Waals surface area (Å²) >= 11 is 0. The second-order valence-electron chi connectivity index (χ2n) is 30.4. The molecule has 22 aromatic rings. The zero-order chi connectivity index (χ0) is 79.7. The van der Waals surface area contributed by atoms with E-state index in [9.17, 15) is 0 Å². The Balaban J connectivity index is 0.000000149. The fourth-order valence-electron chi connectivity index (χ4n) is 16.9. The summed E-state index contributed by atoms with van der Waals surface area (Å²) in [5.74, 6) is 1.39. The monoisotopic (exact) mass is 1530 g/mol. The molecule has 0 radical (unpaired) electrons. The van der Waals surface area contributed by atoms with Gasteiger partial charge < -0.3 is 0 Å². The molecule has 6 heteroatoms. The van der Waals surface area contributed by atoms with Gasteiger partial charge in [0.2, 0.25) is 0 Å². The third-order valence-corrected chi connectivity index (χ3v) is 22.9. The molecule has 560 valence electrons. The maximum Gasteiger partial charge on any atom is 0.160 e. The van der Waals surface area contributed by atoms with Crippen molar-refractivity contribution in [3.63, 3.8) is 0 Å². The summed E-state index contributed by atoms with van der Waals surface area (Å²) in [6.07, 6.45) is 0. The Kier molecular flexibility index (Phi) is 18.9. The van der Waals surface area contributed by atoms with Crippen molar-refractivity contribution in [3.05, 3.63) is 449 Å². The molecule has 6 nitrogen and oxygen atoms in total. The van der Waals surface area contributed by atoms with E-state index in [2.05, 4.69) is 431 Å². The van der Waals surface area contributed by atoms with Gasteiger partial charge in [-0.25, -0.2) is 29.9 Å². The Morgan fingerprint density at radius 3 is 0.883 bits per heavy atom. The molecule has 0 N–H and O–H groups in total. The molecular formula is C114H74N6. The van der Waals surface area contributed by atoms with Gasteiger partial charge in [0.05, 0.1) is 45.2 Å². The second kappa shape index (κ2) is 31.6. The standard InChI is InChI=1S/C59H39N3.C55H35N3/c1-5-17-40(18-6-1)48-36-49(41-19-7-2-8-20-41)38-50(37-48)56-39-55(61-59(62-56)45-23-11-4-12-24-45)43-33-31-42(32-34-43)46-25-15-26-47(35-46)51-28-16-29-53-57(51)52-27-13-14-30-54(52)60-58(53)44-21-9-3-10-22-44;1-2-14-40(15-3-1)54-49-22-11-21-47(53(49)48-20-8-9-23-50(48)56-54)44-19-10-18-43(32-44)38-24-28-39(29-25-38)51-35-52(45-30-26-36-12-4-6-16-41(36)33-45)58-55(57-51)46-31-27-37-13-5-7-17-42(37)34-46/h1-39H;1-35H. The fourth-order valence-corrected chi connectivity index (χ4v) is 16.9. The summed E-state index contributed by atoms with van der Waals surface area (Å²) in [4.78, 5) is 31.1. The first-order valence-corrected chi connectivity index (χ1v) is 40.7. The van der Waals surface area contributed by atoms with Crippen molar-refractivity contribution in [2.75, 3.05) is 0 Å². The van der Waals surface area contributed by atoms with Crippen LogP contribution in [0.5, 0.6) is 0 Å². The van der Waals surface area contributed by atoms with Gasteiger partial charge in [0.1, 0.15) is 0 Å². The van der Waals surface area contributed by atoms with Gasteiger partial charge in [-0.3, -0.25) is 0 Å². The van der Waals surface area contributed by atoms with Gasteiger partial charge in [0, 0.05) is 76.8 Å². The summed E-state index contributed by atoms with van der Waals surface area (Å²) in [5, 5.41) is 11.8. The molecule has 0 aliphatic carbocycles. The minimum absolute atomic E-state index is 0.689. The predicted octanol–water partition coefficient (Wildman–Crippen LogP) is 30.0. The average molecular weight is 1530 g/mol. The number of para-hydroxylation sites is 2. The lowest BCUT2D eigenvalue weighted by Gasteiger charge is -2.15. The van der Waals surface area contributed by atoms with Crippen LogP contribution in [0.2, 0.25) is 0 Å². The molecule has 0 bridgehead atoms. The van der Waals surface area contributed by atoms with Crippen molar-refractivity contribution >= 4 is 64.9 Å². The summed E-state index contributed by atoms with van der Waals surface area (Å²) in [6.45, 7) is 0. The summed E-state index contributed by atoms with van der Waals surface area (Å²) < 4.78 is 0. The van der Waals surface area contributed by atoms with E-state index in [1.807, 2.05) is 18.2 Å². The first-order valence-electron chi connectivity index (χ1n) is 40.7. The van der Waals surface area contributed by atoms with E-state index >= 15 is 0 Å². The maximum atomic E-state index is 5.22. The minimum atomic E-state index is 0.689. The highest BCUT2D eigenvalue weighted by molar-refractivity contribution is 6.19. The molecular weight excluding hydrogens is 1450 g/mol. The molecule has 4 aromatic heterocycles.